The van der Waals surface area contributed by atoms with Gasteiger partial charge in [0.25, 0.3) is 0 Å². The molecule has 1 aliphatic rings. The molecule has 0 amide bonds. The zero-order valence-electron chi connectivity index (χ0n) is 11.2. The van der Waals surface area contributed by atoms with Gasteiger partial charge in [-0.3, -0.25) is 4.68 Å². The summed E-state index contributed by atoms with van der Waals surface area (Å²) in [5.41, 5.74) is 1.13. The van der Waals surface area contributed by atoms with Crippen molar-refractivity contribution in [3.05, 3.63) is 11.9 Å². The van der Waals surface area contributed by atoms with E-state index in [4.69, 9.17) is 0 Å². The highest BCUT2D eigenvalue weighted by Crippen LogP contribution is 2.32. The van der Waals surface area contributed by atoms with E-state index in [0.717, 1.165) is 24.0 Å². The van der Waals surface area contributed by atoms with Crippen LogP contribution < -0.4 is 5.32 Å². The highest BCUT2D eigenvalue weighted by Gasteiger charge is 2.29. The summed E-state index contributed by atoms with van der Waals surface area (Å²) in [7, 11) is 4.02. The van der Waals surface area contributed by atoms with Crippen molar-refractivity contribution in [3.63, 3.8) is 0 Å². The van der Waals surface area contributed by atoms with Crippen LogP contribution in [0.1, 0.15) is 38.3 Å². The largest absolute Gasteiger partial charge is 0.317 e. The molecule has 1 heterocycles. The summed E-state index contributed by atoms with van der Waals surface area (Å²) in [6, 6.07) is 0.653. The van der Waals surface area contributed by atoms with Crippen LogP contribution in [0, 0.1) is 11.8 Å². The van der Waals surface area contributed by atoms with Crippen LogP contribution in [0.5, 0.6) is 0 Å². The summed E-state index contributed by atoms with van der Waals surface area (Å²) in [4.78, 5) is 0. The Morgan fingerprint density at radius 1 is 1.47 bits per heavy atom. The van der Waals surface area contributed by atoms with Gasteiger partial charge in [0.2, 0.25) is 0 Å². The number of hydrogen-bond acceptors (Lipinski definition) is 3. The standard InChI is InChI=1S/C13H24N4/c1-4-10-5-6-13(14-2)11(7-10)8-12-9-17(3)16-15-12/h9-11,13-14H,4-8H2,1-3H3. The first-order valence-corrected chi connectivity index (χ1v) is 6.75. The molecule has 4 nitrogen and oxygen atoms in total. The highest BCUT2D eigenvalue weighted by atomic mass is 15.4. The smallest absolute Gasteiger partial charge is 0.0830 e. The molecule has 0 radical (unpaired) electrons. The number of aryl methyl sites for hydroxylation is 1. The summed E-state index contributed by atoms with van der Waals surface area (Å²) in [6.45, 7) is 2.31. The number of rotatable bonds is 4. The molecule has 96 valence electrons. The minimum atomic E-state index is 0.653. The number of aromatic nitrogens is 3. The van der Waals surface area contributed by atoms with Crippen LogP contribution in [0.25, 0.3) is 0 Å². The average Bonchev–Trinajstić information content (AvgIpc) is 2.74. The van der Waals surface area contributed by atoms with Gasteiger partial charge in [0.15, 0.2) is 0 Å². The van der Waals surface area contributed by atoms with Crippen molar-refractivity contribution in [1.29, 1.82) is 0 Å². The van der Waals surface area contributed by atoms with Gasteiger partial charge in [-0.05, 0) is 44.6 Å². The van der Waals surface area contributed by atoms with Crippen LogP contribution in [-0.2, 0) is 13.5 Å². The fourth-order valence-corrected chi connectivity index (χ4v) is 3.10. The lowest BCUT2D eigenvalue weighted by atomic mass is 9.75. The molecule has 1 saturated carbocycles. The van der Waals surface area contributed by atoms with Gasteiger partial charge >= 0.3 is 0 Å². The monoisotopic (exact) mass is 236 g/mol. The van der Waals surface area contributed by atoms with E-state index in [0.29, 0.717) is 6.04 Å². The highest BCUT2D eigenvalue weighted by molar-refractivity contribution is 4.97. The summed E-state index contributed by atoms with van der Waals surface area (Å²) in [6.07, 6.45) is 8.43. The van der Waals surface area contributed by atoms with Gasteiger partial charge in [0.05, 0.1) is 5.69 Å². The summed E-state index contributed by atoms with van der Waals surface area (Å²) < 4.78 is 1.80. The molecule has 1 aromatic rings. The molecule has 1 fully saturated rings. The molecule has 3 unspecified atom stereocenters. The Labute approximate surface area is 104 Å². The van der Waals surface area contributed by atoms with Crippen molar-refractivity contribution < 1.29 is 0 Å². The molecule has 17 heavy (non-hydrogen) atoms. The van der Waals surface area contributed by atoms with E-state index >= 15 is 0 Å². The quantitative estimate of drug-likeness (QED) is 0.866. The zero-order valence-corrected chi connectivity index (χ0v) is 11.2. The van der Waals surface area contributed by atoms with Gasteiger partial charge in [-0.15, -0.1) is 5.10 Å². The molecule has 4 heteroatoms. The van der Waals surface area contributed by atoms with Crippen LogP contribution in [0.3, 0.4) is 0 Å². The van der Waals surface area contributed by atoms with E-state index in [1.54, 1.807) is 4.68 Å². The second-order valence-electron chi connectivity index (χ2n) is 5.33. The van der Waals surface area contributed by atoms with E-state index in [9.17, 15) is 0 Å². The van der Waals surface area contributed by atoms with Crippen LogP contribution in [0.15, 0.2) is 6.20 Å². The van der Waals surface area contributed by atoms with Crippen LogP contribution in [0.4, 0.5) is 0 Å². The molecule has 0 aromatic carbocycles. The number of hydrogen-bond donors (Lipinski definition) is 1. The molecule has 1 N–H and O–H groups in total. The zero-order chi connectivity index (χ0) is 12.3. The van der Waals surface area contributed by atoms with Crippen molar-refractivity contribution >= 4 is 0 Å². The fourth-order valence-electron chi connectivity index (χ4n) is 3.10. The van der Waals surface area contributed by atoms with E-state index in [1.807, 2.05) is 13.2 Å². The first kappa shape index (κ1) is 12.6. The lowest BCUT2D eigenvalue weighted by molar-refractivity contribution is 0.204. The predicted molar refractivity (Wildman–Crippen MR) is 68.7 cm³/mol. The van der Waals surface area contributed by atoms with Gasteiger partial charge in [0, 0.05) is 19.3 Å². The van der Waals surface area contributed by atoms with Crippen molar-refractivity contribution in [3.8, 4) is 0 Å². The Morgan fingerprint density at radius 2 is 2.29 bits per heavy atom. The number of nitrogens with one attached hydrogen (secondary N) is 1. The van der Waals surface area contributed by atoms with Gasteiger partial charge < -0.3 is 5.32 Å². The third-order valence-corrected chi connectivity index (χ3v) is 4.16. The lowest BCUT2D eigenvalue weighted by Gasteiger charge is -2.35. The van der Waals surface area contributed by atoms with Crippen LogP contribution >= 0.6 is 0 Å². The number of nitrogens with zero attached hydrogens (tertiary/aromatic N) is 3. The maximum Gasteiger partial charge on any atom is 0.0830 e. The first-order valence-electron chi connectivity index (χ1n) is 6.75. The van der Waals surface area contributed by atoms with E-state index in [2.05, 4.69) is 29.6 Å². The normalized spacial score (nSPS) is 29.5. The Hall–Kier alpha value is -0.900. The van der Waals surface area contributed by atoms with E-state index in [-0.39, 0.29) is 0 Å². The van der Waals surface area contributed by atoms with Gasteiger partial charge in [-0.1, -0.05) is 18.6 Å². The van der Waals surface area contributed by atoms with Gasteiger partial charge in [-0.25, -0.2) is 0 Å². The molecular weight excluding hydrogens is 212 g/mol. The van der Waals surface area contributed by atoms with Crippen molar-refractivity contribution in [2.45, 2.75) is 45.1 Å². The topological polar surface area (TPSA) is 42.7 Å². The van der Waals surface area contributed by atoms with Gasteiger partial charge in [-0.2, -0.15) is 0 Å². The summed E-state index contributed by atoms with van der Waals surface area (Å²) in [5, 5.41) is 11.7. The van der Waals surface area contributed by atoms with E-state index < -0.39 is 0 Å². The minimum Gasteiger partial charge on any atom is -0.317 e. The SMILES string of the molecule is CCC1CCC(NC)C(Cc2cn(C)nn2)C1. The minimum absolute atomic E-state index is 0.653. The van der Waals surface area contributed by atoms with Crippen molar-refractivity contribution in [2.75, 3.05) is 7.05 Å². The molecule has 2 rings (SSSR count). The lowest BCUT2D eigenvalue weighted by Crippen LogP contribution is -2.39. The third-order valence-electron chi connectivity index (χ3n) is 4.16. The molecule has 0 spiro atoms. The maximum absolute atomic E-state index is 4.21. The molecule has 0 bridgehead atoms. The van der Waals surface area contributed by atoms with Crippen molar-refractivity contribution in [1.82, 2.24) is 20.3 Å². The van der Waals surface area contributed by atoms with Gasteiger partial charge in [0.1, 0.15) is 0 Å². The summed E-state index contributed by atoms with van der Waals surface area (Å²) >= 11 is 0. The summed E-state index contributed by atoms with van der Waals surface area (Å²) in [5.74, 6) is 1.62. The fraction of sp³-hybridized carbons (Fsp3) is 0.846. The van der Waals surface area contributed by atoms with Crippen LogP contribution in [0.2, 0.25) is 0 Å². The van der Waals surface area contributed by atoms with E-state index in [1.165, 1.54) is 25.7 Å². The molecule has 1 aliphatic carbocycles. The molecular formula is C13H24N4. The maximum atomic E-state index is 4.21. The third kappa shape index (κ3) is 3.06. The Balaban J connectivity index is 2.00. The Morgan fingerprint density at radius 3 is 2.88 bits per heavy atom. The first-order chi connectivity index (χ1) is 8.22. The second kappa shape index (κ2) is 5.63. The predicted octanol–water partition coefficient (Wildman–Crippen LogP) is 1.77. The molecule has 0 saturated heterocycles. The van der Waals surface area contributed by atoms with Crippen molar-refractivity contribution in [2.24, 2.45) is 18.9 Å². The van der Waals surface area contributed by atoms with Crippen LogP contribution in [-0.4, -0.2) is 28.1 Å². The molecule has 3 atom stereocenters. The molecule has 0 aliphatic heterocycles. The Bertz CT molecular complexity index is 347. The molecule has 1 aromatic heterocycles. The second-order valence-corrected chi connectivity index (χ2v) is 5.33. The average molecular weight is 236 g/mol. The Kier molecular flexibility index (Phi) is 4.15.